The second-order valence-corrected chi connectivity index (χ2v) is 4.43. The lowest BCUT2D eigenvalue weighted by Crippen LogP contribution is -2.01. The lowest BCUT2D eigenvalue weighted by molar-refractivity contribution is 0.0695. The first kappa shape index (κ1) is 14.3. The molecular formula is C14H9ClF2O3. The standard InChI is InChI=1S/C14H9ClF2O3/c15-12-2-1-8(3-13(12)17)7-20-11-5-9(14(18)19)4-10(16)6-11/h1-6H,7H2,(H,18,19). The number of ether oxygens (including phenoxy) is 1. The monoisotopic (exact) mass is 298 g/mol. The Morgan fingerprint density at radius 2 is 1.95 bits per heavy atom. The number of halogens is 3. The lowest BCUT2D eigenvalue weighted by atomic mass is 10.2. The van der Waals surface area contributed by atoms with Crippen LogP contribution in [0, 0.1) is 11.6 Å². The number of benzene rings is 2. The molecule has 104 valence electrons. The predicted molar refractivity (Wildman–Crippen MR) is 69.1 cm³/mol. The van der Waals surface area contributed by atoms with Crippen LogP contribution in [0.4, 0.5) is 8.78 Å². The zero-order chi connectivity index (χ0) is 14.7. The van der Waals surface area contributed by atoms with Crippen molar-refractivity contribution < 1.29 is 23.4 Å². The summed E-state index contributed by atoms with van der Waals surface area (Å²) in [5.74, 6) is -2.51. The molecule has 0 unspecified atom stereocenters. The summed E-state index contributed by atoms with van der Waals surface area (Å²) < 4.78 is 31.7. The van der Waals surface area contributed by atoms with Gasteiger partial charge in [0.2, 0.25) is 0 Å². The van der Waals surface area contributed by atoms with E-state index < -0.39 is 17.6 Å². The number of carboxylic acids is 1. The number of hydrogen-bond acceptors (Lipinski definition) is 2. The van der Waals surface area contributed by atoms with Gasteiger partial charge in [-0.05, 0) is 29.8 Å². The van der Waals surface area contributed by atoms with Crippen LogP contribution in [0.2, 0.25) is 5.02 Å². The molecular weight excluding hydrogens is 290 g/mol. The summed E-state index contributed by atoms with van der Waals surface area (Å²) in [5, 5.41) is 8.79. The molecule has 0 aliphatic rings. The summed E-state index contributed by atoms with van der Waals surface area (Å²) in [5.41, 5.74) is 0.273. The average Bonchev–Trinajstić information content (AvgIpc) is 2.39. The summed E-state index contributed by atoms with van der Waals surface area (Å²) in [6.07, 6.45) is 0. The molecule has 2 aromatic rings. The van der Waals surface area contributed by atoms with E-state index in [4.69, 9.17) is 21.4 Å². The Labute approximate surface area is 118 Å². The van der Waals surface area contributed by atoms with Crippen molar-refractivity contribution in [2.75, 3.05) is 0 Å². The van der Waals surface area contributed by atoms with E-state index in [1.54, 1.807) is 6.07 Å². The molecule has 6 heteroatoms. The molecule has 3 nitrogen and oxygen atoms in total. The minimum Gasteiger partial charge on any atom is -0.489 e. The molecule has 1 N–H and O–H groups in total. The maximum Gasteiger partial charge on any atom is 0.335 e. The van der Waals surface area contributed by atoms with Crippen molar-refractivity contribution in [2.45, 2.75) is 6.61 Å². The highest BCUT2D eigenvalue weighted by atomic mass is 35.5. The predicted octanol–water partition coefficient (Wildman–Crippen LogP) is 3.90. The van der Waals surface area contributed by atoms with Crippen LogP contribution in [0.3, 0.4) is 0 Å². The molecule has 0 aliphatic heterocycles. The Hall–Kier alpha value is -2.14. The van der Waals surface area contributed by atoms with Gasteiger partial charge in [-0.25, -0.2) is 13.6 Å². The van der Waals surface area contributed by atoms with Crippen LogP contribution in [0.25, 0.3) is 0 Å². The van der Waals surface area contributed by atoms with Gasteiger partial charge >= 0.3 is 5.97 Å². The van der Waals surface area contributed by atoms with Crippen LogP contribution in [-0.2, 0) is 6.61 Å². The van der Waals surface area contributed by atoms with Gasteiger partial charge in [-0.15, -0.1) is 0 Å². The van der Waals surface area contributed by atoms with Crippen molar-refractivity contribution in [3.8, 4) is 5.75 Å². The third kappa shape index (κ3) is 3.45. The zero-order valence-corrected chi connectivity index (χ0v) is 10.8. The van der Waals surface area contributed by atoms with Gasteiger partial charge in [0.05, 0.1) is 10.6 Å². The Morgan fingerprint density at radius 3 is 2.60 bits per heavy atom. The maximum atomic E-state index is 13.2. The van der Waals surface area contributed by atoms with Crippen LogP contribution in [-0.4, -0.2) is 11.1 Å². The molecule has 2 aromatic carbocycles. The first-order chi connectivity index (χ1) is 9.45. The van der Waals surface area contributed by atoms with Crippen molar-refractivity contribution in [2.24, 2.45) is 0 Å². The molecule has 0 fully saturated rings. The van der Waals surface area contributed by atoms with Crippen LogP contribution in [0.1, 0.15) is 15.9 Å². The maximum absolute atomic E-state index is 13.2. The first-order valence-electron chi connectivity index (χ1n) is 5.56. The van der Waals surface area contributed by atoms with Gasteiger partial charge in [0.1, 0.15) is 24.0 Å². The molecule has 20 heavy (non-hydrogen) atoms. The summed E-state index contributed by atoms with van der Waals surface area (Å²) >= 11 is 5.54. The van der Waals surface area contributed by atoms with Gasteiger partial charge in [-0.1, -0.05) is 17.7 Å². The fourth-order valence-electron chi connectivity index (χ4n) is 1.57. The molecule has 0 saturated heterocycles. The minimum atomic E-state index is -1.26. The molecule has 0 radical (unpaired) electrons. The smallest absolute Gasteiger partial charge is 0.335 e. The van der Waals surface area contributed by atoms with Gasteiger partial charge in [0.15, 0.2) is 0 Å². The number of hydrogen-bond donors (Lipinski definition) is 1. The SMILES string of the molecule is O=C(O)c1cc(F)cc(OCc2ccc(Cl)c(F)c2)c1. The molecule has 0 amide bonds. The van der Waals surface area contributed by atoms with Crippen molar-refractivity contribution in [1.82, 2.24) is 0 Å². The van der Waals surface area contributed by atoms with E-state index in [2.05, 4.69) is 0 Å². The largest absolute Gasteiger partial charge is 0.489 e. The molecule has 0 atom stereocenters. The summed E-state index contributed by atoms with van der Waals surface area (Å²) in [7, 11) is 0. The molecule has 0 heterocycles. The second kappa shape index (κ2) is 5.88. The van der Waals surface area contributed by atoms with E-state index in [9.17, 15) is 13.6 Å². The number of aromatic carboxylic acids is 1. The normalized spacial score (nSPS) is 10.3. The Morgan fingerprint density at radius 1 is 1.20 bits per heavy atom. The van der Waals surface area contributed by atoms with E-state index in [0.717, 1.165) is 12.1 Å². The molecule has 0 aliphatic carbocycles. The summed E-state index contributed by atoms with van der Waals surface area (Å²) in [4.78, 5) is 10.8. The molecule has 0 spiro atoms. The molecule has 0 aromatic heterocycles. The average molecular weight is 299 g/mol. The Balaban J connectivity index is 2.14. The number of carboxylic acid groups (broad SMARTS) is 1. The van der Waals surface area contributed by atoms with E-state index in [0.29, 0.717) is 5.56 Å². The lowest BCUT2D eigenvalue weighted by Gasteiger charge is -2.08. The van der Waals surface area contributed by atoms with Crippen LogP contribution < -0.4 is 4.74 Å². The minimum absolute atomic E-state index is 0.00679. The van der Waals surface area contributed by atoms with Crippen molar-refractivity contribution in [1.29, 1.82) is 0 Å². The molecule has 2 rings (SSSR count). The van der Waals surface area contributed by atoms with E-state index in [-0.39, 0.29) is 22.9 Å². The van der Waals surface area contributed by atoms with Gasteiger partial charge in [0.25, 0.3) is 0 Å². The first-order valence-corrected chi connectivity index (χ1v) is 5.94. The van der Waals surface area contributed by atoms with Gasteiger partial charge < -0.3 is 9.84 Å². The van der Waals surface area contributed by atoms with E-state index >= 15 is 0 Å². The highest BCUT2D eigenvalue weighted by Crippen LogP contribution is 2.20. The van der Waals surface area contributed by atoms with Crippen LogP contribution >= 0.6 is 11.6 Å². The quantitative estimate of drug-likeness (QED) is 0.931. The van der Waals surface area contributed by atoms with E-state index in [1.165, 1.54) is 18.2 Å². The number of carbonyl (C=O) groups is 1. The Bertz CT molecular complexity index is 659. The molecule has 0 bridgehead atoms. The third-order valence-corrected chi connectivity index (χ3v) is 2.81. The zero-order valence-electron chi connectivity index (χ0n) is 10.1. The van der Waals surface area contributed by atoms with Crippen LogP contribution in [0.15, 0.2) is 36.4 Å². The van der Waals surface area contributed by atoms with Gasteiger partial charge in [-0.2, -0.15) is 0 Å². The van der Waals surface area contributed by atoms with Gasteiger partial charge in [-0.3, -0.25) is 0 Å². The summed E-state index contributed by atoms with van der Waals surface area (Å²) in [6.45, 7) is -0.0311. The van der Waals surface area contributed by atoms with Gasteiger partial charge in [0, 0.05) is 6.07 Å². The summed E-state index contributed by atoms with van der Waals surface area (Å²) in [6, 6.07) is 7.26. The number of rotatable bonds is 4. The van der Waals surface area contributed by atoms with E-state index in [1.807, 2.05) is 0 Å². The Kier molecular flexibility index (Phi) is 4.20. The van der Waals surface area contributed by atoms with Crippen molar-refractivity contribution >= 4 is 17.6 Å². The highest BCUT2D eigenvalue weighted by molar-refractivity contribution is 6.30. The van der Waals surface area contributed by atoms with Crippen molar-refractivity contribution in [3.05, 3.63) is 64.2 Å². The fourth-order valence-corrected chi connectivity index (χ4v) is 1.68. The fraction of sp³-hybridized carbons (Fsp3) is 0.0714. The van der Waals surface area contributed by atoms with Crippen molar-refractivity contribution in [3.63, 3.8) is 0 Å². The van der Waals surface area contributed by atoms with Crippen LogP contribution in [0.5, 0.6) is 5.75 Å². The highest BCUT2D eigenvalue weighted by Gasteiger charge is 2.08. The molecule has 0 saturated carbocycles. The second-order valence-electron chi connectivity index (χ2n) is 4.02. The topological polar surface area (TPSA) is 46.5 Å². The third-order valence-electron chi connectivity index (χ3n) is 2.51.